The Labute approximate surface area is 104 Å². The van der Waals surface area contributed by atoms with Crippen LogP contribution in [0.5, 0.6) is 0 Å². The number of aromatic nitrogens is 2. The van der Waals surface area contributed by atoms with E-state index < -0.39 is 0 Å². The zero-order chi connectivity index (χ0) is 12.7. The summed E-state index contributed by atoms with van der Waals surface area (Å²) in [6.07, 6.45) is 2.29. The molecule has 0 aliphatic heterocycles. The lowest BCUT2D eigenvalue weighted by Gasteiger charge is -2.12. The minimum atomic E-state index is -0.323. The predicted octanol–water partition coefficient (Wildman–Crippen LogP) is 2.68. The molecule has 18 heavy (non-hydrogen) atoms. The van der Waals surface area contributed by atoms with Crippen LogP contribution in [0.2, 0.25) is 0 Å². The molecule has 0 radical (unpaired) electrons. The Kier molecular flexibility index (Phi) is 2.58. The number of rotatable bonds is 3. The van der Waals surface area contributed by atoms with Gasteiger partial charge in [-0.3, -0.25) is 9.48 Å². The van der Waals surface area contributed by atoms with Gasteiger partial charge in [-0.2, -0.15) is 0 Å². The van der Waals surface area contributed by atoms with Crippen molar-refractivity contribution in [2.45, 2.75) is 32.2 Å². The summed E-state index contributed by atoms with van der Waals surface area (Å²) in [5, 5.41) is 0. The van der Waals surface area contributed by atoms with E-state index in [1.54, 1.807) is 22.9 Å². The Hall–Kier alpha value is -1.84. The van der Waals surface area contributed by atoms with Gasteiger partial charge in [0.2, 0.25) is 0 Å². The van der Waals surface area contributed by atoms with Crippen LogP contribution in [0.4, 0.5) is 4.39 Å². The smallest absolute Gasteiger partial charge is 0.271 e. The van der Waals surface area contributed by atoms with Crippen molar-refractivity contribution in [2.24, 2.45) is 0 Å². The number of nitrogens with zero attached hydrogens (tertiary/aromatic N) is 2. The van der Waals surface area contributed by atoms with Gasteiger partial charge >= 0.3 is 0 Å². The number of benzene rings is 1. The van der Waals surface area contributed by atoms with Crippen LogP contribution in [0, 0.1) is 5.82 Å². The zero-order valence-electron chi connectivity index (χ0n) is 10.3. The predicted molar refractivity (Wildman–Crippen MR) is 67.6 cm³/mol. The van der Waals surface area contributed by atoms with Crippen molar-refractivity contribution in [1.29, 1.82) is 0 Å². The Morgan fingerprint density at radius 2 is 2.11 bits per heavy atom. The van der Waals surface area contributed by atoms with Crippen LogP contribution in [0.25, 0.3) is 5.69 Å². The largest absolute Gasteiger partial charge is 0.282 e. The molecule has 1 aliphatic rings. The molecule has 0 amide bonds. The van der Waals surface area contributed by atoms with E-state index in [0.717, 1.165) is 18.5 Å². The molecular weight excluding hydrogens is 231 g/mol. The van der Waals surface area contributed by atoms with Crippen LogP contribution in [0.1, 0.15) is 31.4 Å². The van der Waals surface area contributed by atoms with Gasteiger partial charge in [0, 0.05) is 24.2 Å². The molecule has 2 aromatic rings. The fourth-order valence-corrected chi connectivity index (χ4v) is 2.40. The highest BCUT2D eigenvalue weighted by atomic mass is 19.1. The second kappa shape index (κ2) is 4.12. The van der Waals surface area contributed by atoms with Gasteiger partial charge in [-0.15, -0.1) is 0 Å². The summed E-state index contributed by atoms with van der Waals surface area (Å²) in [5.74, 6) is 0.184. The van der Waals surface area contributed by atoms with Crippen molar-refractivity contribution in [1.82, 2.24) is 9.36 Å². The Bertz CT molecular complexity index is 637. The Morgan fingerprint density at radius 1 is 1.33 bits per heavy atom. The van der Waals surface area contributed by atoms with Gasteiger partial charge in [0.25, 0.3) is 5.56 Å². The fraction of sp³-hybridized carbons (Fsp3) is 0.357. The van der Waals surface area contributed by atoms with Gasteiger partial charge in [0.1, 0.15) is 5.82 Å². The minimum absolute atomic E-state index is 0.0793. The van der Waals surface area contributed by atoms with Crippen LogP contribution < -0.4 is 5.56 Å². The number of hydrogen-bond acceptors (Lipinski definition) is 1. The number of halogens is 1. The lowest BCUT2D eigenvalue weighted by molar-refractivity contribution is 0.545. The molecule has 0 saturated heterocycles. The molecule has 0 atom stereocenters. The molecule has 0 unspecified atom stereocenters. The summed E-state index contributed by atoms with van der Waals surface area (Å²) in [7, 11) is 0. The first-order valence-corrected chi connectivity index (χ1v) is 6.29. The van der Waals surface area contributed by atoms with Gasteiger partial charge in [0.05, 0.1) is 5.69 Å². The van der Waals surface area contributed by atoms with Crippen molar-refractivity contribution in [3.8, 4) is 5.69 Å². The van der Waals surface area contributed by atoms with E-state index >= 15 is 0 Å². The molecule has 3 nitrogen and oxygen atoms in total. The fourth-order valence-electron chi connectivity index (χ4n) is 2.40. The summed E-state index contributed by atoms with van der Waals surface area (Å²) in [6.45, 7) is 2.71. The topological polar surface area (TPSA) is 26.9 Å². The molecule has 1 aliphatic carbocycles. The van der Waals surface area contributed by atoms with E-state index in [1.165, 1.54) is 12.1 Å². The van der Waals surface area contributed by atoms with Gasteiger partial charge in [-0.05, 0) is 38.0 Å². The van der Waals surface area contributed by atoms with Gasteiger partial charge in [-0.1, -0.05) is 6.07 Å². The SMILES string of the molecule is CCn1c(C2CC2)cc(=O)n1-c1cccc(F)c1. The lowest BCUT2D eigenvalue weighted by Crippen LogP contribution is -2.21. The molecule has 1 aromatic carbocycles. The molecule has 1 saturated carbocycles. The molecule has 1 heterocycles. The Morgan fingerprint density at radius 3 is 2.72 bits per heavy atom. The highest BCUT2D eigenvalue weighted by Crippen LogP contribution is 2.39. The molecule has 1 aromatic heterocycles. The third-order valence-electron chi connectivity index (χ3n) is 3.37. The monoisotopic (exact) mass is 246 g/mol. The average Bonchev–Trinajstić information content (AvgIpc) is 3.13. The van der Waals surface area contributed by atoms with E-state index in [0.29, 0.717) is 18.2 Å². The maximum absolute atomic E-state index is 13.3. The van der Waals surface area contributed by atoms with E-state index in [1.807, 2.05) is 11.6 Å². The summed E-state index contributed by atoms with van der Waals surface area (Å²) in [6, 6.07) is 7.85. The standard InChI is InChI=1S/C14H15FN2O/c1-2-16-13(10-6-7-10)9-14(18)17(16)12-5-3-4-11(15)8-12/h3-5,8-10H,2,6-7H2,1H3. The van der Waals surface area contributed by atoms with Crippen LogP contribution in [-0.2, 0) is 6.54 Å². The minimum Gasteiger partial charge on any atom is -0.282 e. The third-order valence-corrected chi connectivity index (χ3v) is 3.37. The summed E-state index contributed by atoms with van der Waals surface area (Å²) >= 11 is 0. The quantitative estimate of drug-likeness (QED) is 0.818. The van der Waals surface area contributed by atoms with Crippen molar-refractivity contribution >= 4 is 0 Å². The average molecular weight is 246 g/mol. The van der Waals surface area contributed by atoms with E-state index in [-0.39, 0.29) is 11.4 Å². The van der Waals surface area contributed by atoms with E-state index in [4.69, 9.17) is 0 Å². The molecule has 3 rings (SSSR count). The highest BCUT2D eigenvalue weighted by Gasteiger charge is 2.28. The maximum atomic E-state index is 13.3. The van der Waals surface area contributed by atoms with Crippen LogP contribution in [-0.4, -0.2) is 9.36 Å². The molecule has 4 heteroatoms. The molecule has 0 N–H and O–H groups in total. The summed E-state index contributed by atoms with van der Waals surface area (Å²) < 4.78 is 16.8. The van der Waals surface area contributed by atoms with Gasteiger partial charge in [0.15, 0.2) is 0 Å². The van der Waals surface area contributed by atoms with Crippen LogP contribution >= 0.6 is 0 Å². The van der Waals surface area contributed by atoms with Crippen molar-refractivity contribution in [3.63, 3.8) is 0 Å². The normalized spacial score (nSPS) is 15.0. The second-order valence-electron chi connectivity index (χ2n) is 4.69. The summed E-state index contributed by atoms with van der Waals surface area (Å²) in [4.78, 5) is 12.1. The first kappa shape index (κ1) is 11.3. The third kappa shape index (κ3) is 1.78. The zero-order valence-corrected chi connectivity index (χ0v) is 10.3. The van der Waals surface area contributed by atoms with E-state index in [2.05, 4.69) is 0 Å². The first-order valence-electron chi connectivity index (χ1n) is 6.29. The van der Waals surface area contributed by atoms with Crippen LogP contribution in [0.15, 0.2) is 35.1 Å². The van der Waals surface area contributed by atoms with Crippen LogP contribution in [0.3, 0.4) is 0 Å². The first-order chi connectivity index (χ1) is 8.70. The molecule has 94 valence electrons. The van der Waals surface area contributed by atoms with E-state index in [9.17, 15) is 9.18 Å². The van der Waals surface area contributed by atoms with Gasteiger partial charge in [-0.25, -0.2) is 9.07 Å². The Balaban J connectivity index is 2.19. The molecule has 1 fully saturated rings. The maximum Gasteiger partial charge on any atom is 0.271 e. The second-order valence-corrected chi connectivity index (χ2v) is 4.69. The van der Waals surface area contributed by atoms with Crippen molar-refractivity contribution < 1.29 is 4.39 Å². The molecule has 0 spiro atoms. The lowest BCUT2D eigenvalue weighted by atomic mass is 10.3. The van der Waals surface area contributed by atoms with Gasteiger partial charge < -0.3 is 0 Å². The summed E-state index contributed by atoms with van der Waals surface area (Å²) in [5.41, 5.74) is 1.59. The van der Waals surface area contributed by atoms with Crippen molar-refractivity contribution in [2.75, 3.05) is 0 Å². The molecule has 0 bridgehead atoms. The molecular formula is C14H15FN2O. The number of hydrogen-bond donors (Lipinski definition) is 0. The van der Waals surface area contributed by atoms with Crippen molar-refractivity contribution in [3.05, 3.63) is 52.2 Å². The highest BCUT2D eigenvalue weighted by molar-refractivity contribution is 5.32.